The van der Waals surface area contributed by atoms with Crippen LogP contribution in [-0.2, 0) is 0 Å². The van der Waals surface area contributed by atoms with Crippen molar-refractivity contribution in [3.05, 3.63) is 82.4 Å². The van der Waals surface area contributed by atoms with E-state index in [1.807, 2.05) is 0 Å². The Labute approximate surface area is 183 Å². The van der Waals surface area contributed by atoms with E-state index in [9.17, 15) is 0 Å². The summed E-state index contributed by atoms with van der Waals surface area (Å²) in [6.07, 6.45) is 0. The van der Waals surface area contributed by atoms with Crippen molar-refractivity contribution in [3.8, 4) is 0 Å². The summed E-state index contributed by atoms with van der Waals surface area (Å²) in [6, 6.07) is 20.3. The Morgan fingerprint density at radius 2 is 0.966 bits per heavy atom. The van der Waals surface area contributed by atoms with Gasteiger partial charge in [0.25, 0.3) is 0 Å². The number of benzene rings is 3. The molecule has 0 spiro atoms. The zero-order chi connectivity index (χ0) is 21.6. The molecule has 0 aromatic heterocycles. The van der Waals surface area contributed by atoms with Crippen molar-refractivity contribution >= 4 is 47.3 Å². The zero-order valence-corrected chi connectivity index (χ0v) is 21.8. The lowest BCUT2D eigenvalue weighted by atomic mass is 10.1. The Morgan fingerprint density at radius 3 is 1.34 bits per heavy atom. The number of rotatable bonds is 4. The normalized spacial score (nSPS) is 12.3. The molecule has 0 nitrogen and oxygen atoms in total. The third-order valence-corrected chi connectivity index (χ3v) is 13.8. The summed E-state index contributed by atoms with van der Waals surface area (Å²) in [4.78, 5) is 0. The van der Waals surface area contributed by atoms with Crippen LogP contribution in [0.2, 0.25) is 19.6 Å². The largest absolute Gasteiger partial charge is 0.248 e. The lowest BCUT2D eigenvalue weighted by Crippen LogP contribution is -2.66. The molecule has 0 N–H and O–H groups in total. The minimum atomic E-state index is -2.70. The second-order valence-electron chi connectivity index (χ2n) is 9.53. The molecule has 0 fully saturated rings. The quantitative estimate of drug-likeness (QED) is 0.307. The van der Waals surface area contributed by atoms with Gasteiger partial charge in [0.1, 0.15) is 0 Å². The fraction of sp³-hybridized carbons (Fsp3) is 0.308. The van der Waals surface area contributed by atoms with Gasteiger partial charge in [-0.05, 0) is 72.4 Å². The maximum absolute atomic E-state index is 7.98. The fourth-order valence-electron chi connectivity index (χ4n) is 4.54. The molecule has 0 heterocycles. The van der Waals surface area contributed by atoms with Gasteiger partial charge in [0, 0.05) is 0 Å². The van der Waals surface area contributed by atoms with Crippen LogP contribution in [0.15, 0.2) is 54.6 Å². The van der Waals surface area contributed by atoms with Gasteiger partial charge in [0.2, 0.25) is 7.38 Å². The topological polar surface area (TPSA) is 0 Å². The van der Waals surface area contributed by atoms with Crippen molar-refractivity contribution in [2.75, 3.05) is 0 Å². The van der Waals surface area contributed by atoms with Crippen molar-refractivity contribution in [2.45, 2.75) is 54.3 Å². The van der Waals surface area contributed by atoms with Gasteiger partial charge in [-0.3, -0.25) is 0 Å². The Kier molecular flexibility index (Phi) is 6.02. The first-order valence-electron chi connectivity index (χ1n) is 10.4. The van der Waals surface area contributed by atoms with Crippen molar-refractivity contribution < 1.29 is 0 Å². The molecule has 0 aliphatic carbocycles. The fourth-order valence-corrected chi connectivity index (χ4v) is 12.2. The molecule has 0 unspecified atom stereocenters. The van der Waals surface area contributed by atoms with Gasteiger partial charge in [-0.1, -0.05) is 85.0 Å². The highest BCUT2D eigenvalue weighted by Crippen LogP contribution is 2.20. The molecule has 3 aromatic carbocycles. The molecule has 3 heteroatoms. The minimum absolute atomic E-state index is 1.30. The molecule has 0 bridgehead atoms. The van der Waals surface area contributed by atoms with Crippen LogP contribution in [0.3, 0.4) is 0 Å². The summed E-state index contributed by atoms with van der Waals surface area (Å²) >= 11 is 7.98. The van der Waals surface area contributed by atoms with Crippen molar-refractivity contribution in [2.24, 2.45) is 0 Å². The van der Waals surface area contributed by atoms with Crippen molar-refractivity contribution in [1.82, 2.24) is 0 Å². The molecule has 0 atom stereocenters. The predicted molar refractivity (Wildman–Crippen MR) is 136 cm³/mol. The molecular formula is C26H33ClSi2. The van der Waals surface area contributed by atoms with Gasteiger partial charge in [-0.15, -0.1) is 11.1 Å². The van der Waals surface area contributed by atoms with E-state index in [-0.39, 0.29) is 0 Å². The van der Waals surface area contributed by atoms with E-state index in [1.54, 1.807) is 0 Å². The Morgan fingerprint density at radius 1 is 0.586 bits per heavy atom. The van der Waals surface area contributed by atoms with E-state index in [0.29, 0.717) is 0 Å². The summed E-state index contributed by atoms with van der Waals surface area (Å²) in [7, 11) is -4.17. The SMILES string of the molecule is Cc1cc([Si](C)(C)C)cc([Si](Cl)(c2c(C)cccc2C)c2c(C)cccc2C)c1. The average molecular weight is 437 g/mol. The predicted octanol–water partition coefficient (Wildman–Crippen LogP) is 4.98. The average Bonchev–Trinajstić information content (AvgIpc) is 2.60. The van der Waals surface area contributed by atoms with E-state index in [4.69, 9.17) is 11.1 Å². The number of aryl methyl sites for hydroxylation is 5. The van der Waals surface area contributed by atoms with Crippen LogP contribution in [0, 0.1) is 34.6 Å². The zero-order valence-electron chi connectivity index (χ0n) is 19.1. The van der Waals surface area contributed by atoms with Gasteiger partial charge in [0.05, 0.1) is 8.07 Å². The van der Waals surface area contributed by atoms with Crippen LogP contribution < -0.4 is 20.7 Å². The molecule has 0 saturated heterocycles. The van der Waals surface area contributed by atoms with Crippen LogP contribution >= 0.6 is 11.1 Å². The van der Waals surface area contributed by atoms with Crippen LogP contribution in [0.4, 0.5) is 0 Å². The van der Waals surface area contributed by atoms with Crippen LogP contribution in [0.25, 0.3) is 0 Å². The van der Waals surface area contributed by atoms with E-state index >= 15 is 0 Å². The lowest BCUT2D eigenvalue weighted by Gasteiger charge is -2.33. The lowest BCUT2D eigenvalue weighted by molar-refractivity contribution is 1.40. The molecule has 29 heavy (non-hydrogen) atoms. The smallest absolute Gasteiger partial charge is 0.149 e. The number of hydrogen-bond donors (Lipinski definition) is 0. The van der Waals surface area contributed by atoms with Gasteiger partial charge >= 0.3 is 0 Å². The molecule has 0 amide bonds. The third kappa shape index (κ3) is 4.03. The maximum atomic E-state index is 7.98. The highest BCUT2D eigenvalue weighted by atomic mass is 35.6. The molecule has 0 aliphatic rings. The standard InChI is InChI=1S/C26H33ClSi2/c1-18-15-23(28(6,7)8)17-24(16-18)29(27,25-19(2)11-9-12-20(25)3)26-21(4)13-10-14-22(26)5/h9-17H,1-8H3. The first-order valence-corrected chi connectivity index (χ1v) is 16.9. The Balaban J connectivity index is 2.48. The third-order valence-electron chi connectivity index (χ3n) is 5.99. The second-order valence-corrected chi connectivity index (χ2v) is 19.2. The second kappa shape index (κ2) is 7.90. The van der Waals surface area contributed by atoms with E-state index in [1.165, 1.54) is 48.6 Å². The molecular weight excluding hydrogens is 404 g/mol. The van der Waals surface area contributed by atoms with E-state index in [2.05, 4.69) is 109 Å². The summed E-state index contributed by atoms with van der Waals surface area (Å²) in [5.74, 6) is 0. The Bertz CT molecular complexity index is 969. The molecule has 0 aliphatic heterocycles. The van der Waals surface area contributed by atoms with Crippen LogP contribution in [0.1, 0.15) is 27.8 Å². The summed E-state index contributed by atoms with van der Waals surface area (Å²) < 4.78 is 0. The van der Waals surface area contributed by atoms with Crippen LogP contribution in [0.5, 0.6) is 0 Å². The van der Waals surface area contributed by atoms with Gasteiger partial charge in [0.15, 0.2) is 0 Å². The van der Waals surface area contributed by atoms with Crippen molar-refractivity contribution in [1.29, 1.82) is 0 Å². The first-order chi connectivity index (χ1) is 13.5. The number of hydrogen-bond acceptors (Lipinski definition) is 0. The van der Waals surface area contributed by atoms with E-state index in [0.717, 1.165) is 0 Å². The van der Waals surface area contributed by atoms with E-state index < -0.39 is 15.5 Å². The first kappa shape index (κ1) is 22.1. The minimum Gasteiger partial charge on any atom is -0.149 e. The highest BCUT2D eigenvalue weighted by Gasteiger charge is 2.42. The highest BCUT2D eigenvalue weighted by molar-refractivity contribution is 7.41. The summed E-state index contributed by atoms with van der Waals surface area (Å²) in [6.45, 7) is 18.3. The molecule has 0 radical (unpaired) electrons. The molecule has 0 saturated carbocycles. The maximum Gasteiger partial charge on any atom is 0.248 e. The van der Waals surface area contributed by atoms with Gasteiger partial charge < -0.3 is 0 Å². The molecule has 3 rings (SSSR count). The number of halogens is 1. The van der Waals surface area contributed by atoms with Crippen molar-refractivity contribution in [3.63, 3.8) is 0 Å². The Hall–Kier alpha value is -1.62. The monoisotopic (exact) mass is 436 g/mol. The van der Waals surface area contributed by atoms with Gasteiger partial charge in [-0.25, -0.2) is 0 Å². The molecule has 152 valence electrons. The molecule has 3 aromatic rings. The summed E-state index contributed by atoms with van der Waals surface area (Å²) in [5, 5.41) is 5.52. The summed E-state index contributed by atoms with van der Waals surface area (Å²) in [5.41, 5.74) is 6.50. The van der Waals surface area contributed by atoms with Crippen LogP contribution in [-0.4, -0.2) is 15.5 Å². The van der Waals surface area contributed by atoms with Gasteiger partial charge in [-0.2, -0.15) is 0 Å².